The van der Waals surface area contributed by atoms with Crippen LogP contribution in [0.15, 0.2) is 29.3 Å². The van der Waals surface area contributed by atoms with Gasteiger partial charge in [0.15, 0.2) is 5.96 Å². The number of rotatable bonds is 1. The molecule has 0 fully saturated rings. The van der Waals surface area contributed by atoms with Gasteiger partial charge in [-0.3, -0.25) is 4.79 Å². The minimum absolute atomic E-state index is 0.217. The average Bonchev–Trinajstić information content (AvgIpc) is 2.04. The first-order valence-corrected chi connectivity index (χ1v) is 3.80. The van der Waals surface area contributed by atoms with E-state index < -0.39 is 5.91 Å². The smallest absolute Gasteiger partial charge is 0.280 e. The predicted molar refractivity (Wildman–Crippen MR) is 51.3 cm³/mol. The fraction of sp³-hybridized carbons (Fsp3) is 0.111. The van der Waals surface area contributed by atoms with Crippen molar-refractivity contribution in [3.8, 4) is 0 Å². The highest BCUT2D eigenvalue weighted by molar-refractivity contribution is 6.01. The van der Waals surface area contributed by atoms with E-state index in [0.717, 1.165) is 5.56 Å². The van der Waals surface area contributed by atoms with Gasteiger partial charge in [-0.2, -0.15) is 4.99 Å². The van der Waals surface area contributed by atoms with Crippen molar-refractivity contribution in [1.29, 1.82) is 0 Å². The summed E-state index contributed by atoms with van der Waals surface area (Å²) in [5.74, 6) is -0.634. The molecule has 0 aliphatic rings. The second-order valence-corrected chi connectivity index (χ2v) is 2.71. The van der Waals surface area contributed by atoms with Crippen LogP contribution in [0.1, 0.15) is 15.9 Å². The number of aryl methyl sites for hydroxylation is 1. The van der Waals surface area contributed by atoms with Gasteiger partial charge in [0, 0.05) is 5.56 Å². The number of aliphatic imine (C=N–C) groups is 1. The van der Waals surface area contributed by atoms with E-state index in [-0.39, 0.29) is 5.96 Å². The molecule has 0 aliphatic carbocycles. The largest absolute Gasteiger partial charge is 0.370 e. The number of benzene rings is 1. The normalized spacial score (nSPS) is 9.31. The highest BCUT2D eigenvalue weighted by Gasteiger charge is 2.02. The molecule has 1 amide bonds. The third-order valence-electron chi connectivity index (χ3n) is 1.53. The lowest BCUT2D eigenvalue weighted by Gasteiger charge is -1.96. The zero-order valence-electron chi connectivity index (χ0n) is 7.32. The van der Waals surface area contributed by atoms with Crippen molar-refractivity contribution in [2.75, 3.05) is 0 Å². The third-order valence-corrected chi connectivity index (χ3v) is 1.53. The molecule has 4 N–H and O–H groups in total. The van der Waals surface area contributed by atoms with Crippen LogP contribution in [-0.2, 0) is 0 Å². The van der Waals surface area contributed by atoms with Crippen LogP contribution in [0.25, 0.3) is 0 Å². The van der Waals surface area contributed by atoms with Gasteiger partial charge >= 0.3 is 0 Å². The van der Waals surface area contributed by atoms with Crippen molar-refractivity contribution in [3.05, 3.63) is 35.4 Å². The van der Waals surface area contributed by atoms with Crippen molar-refractivity contribution in [3.63, 3.8) is 0 Å². The van der Waals surface area contributed by atoms with Crippen molar-refractivity contribution in [2.24, 2.45) is 16.5 Å². The molecule has 0 saturated carbocycles. The van der Waals surface area contributed by atoms with E-state index in [9.17, 15) is 4.79 Å². The fourth-order valence-electron chi connectivity index (χ4n) is 0.878. The maximum Gasteiger partial charge on any atom is 0.280 e. The lowest BCUT2D eigenvalue weighted by molar-refractivity contribution is 0.100. The van der Waals surface area contributed by atoms with Crippen LogP contribution in [0, 0.1) is 6.92 Å². The van der Waals surface area contributed by atoms with Crippen LogP contribution < -0.4 is 11.5 Å². The Kier molecular flexibility index (Phi) is 2.64. The van der Waals surface area contributed by atoms with Crippen molar-refractivity contribution >= 4 is 11.9 Å². The number of nitrogens with two attached hydrogens (primary N) is 2. The molecule has 0 atom stereocenters. The van der Waals surface area contributed by atoms with Crippen molar-refractivity contribution < 1.29 is 4.79 Å². The number of nitrogens with zero attached hydrogens (tertiary/aromatic N) is 1. The molecule has 0 radical (unpaired) electrons. The number of hydrogen-bond donors (Lipinski definition) is 2. The molecule has 1 aromatic carbocycles. The molecule has 0 bridgehead atoms. The van der Waals surface area contributed by atoms with E-state index in [0.29, 0.717) is 5.56 Å². The Labute approximate surface area is 76.3 Å². The number of guanidine groups is 1. The van der Waals surface area contributed by atoms with Gasteiger partial charge in [0.1, 0.15) is 0 Å². The fourth-order valence-corrected chi connectivity index (χ4v) is 0.878. The quantitative estimate of drug-likeness (QED) is 0.481. The van der Waals surface area contributed by atoms with E-state index in [1.807, 2.05) is 19.1 Å². The summed E-state index contributed by atoms with van der Waals surface area (Å²) in [5.41, 5.74) is 11.7. The number of amides is 1. The molecule has 4 nitrogen and oxygen atoms in total. The van der Waals surface area contributed by atoms with Gasteiger partial charge in [-0.05, 0) is 19.1 Å². The van der Waals surface area contributed by atoms with Crippen molar-refractivity contribution in [1.82, 2.24) is 0 Å². The Hall–Kier alpha value is -1.84. The summed E-state index contributed by atoms with van der Waals surface area (Å²) in [6.07, 6.45) is 0. The van der Waals surface area contributed by atoms with E-state index >= 15 is 0 Å². The second kappa shape index (κ2) is 3.71. The molecule has 0 unspecified atom stereocenters. The van der Waals surface area contributed by atoms with Crippen LogP contribution in [-0.4, -0.2) is 11.9 Å². The zero-order valence-corrected chi connectivity index (χ0v) is 7.32. The van der Waals surface area contributed by atoms with Crippen molar-refractivity contribution in [2.45, 2.75) is 6.92 Å². The lowest BCUT2D eigenvalue weighted by Crippen LogP contribution is -2.24. The second-order valence-electron chi connectivity index (χ2n) is 2.71. The van der Waals surface area contributed by atoms with E-state index in [1.54, 1.807) is 12.1 Å². The first kappa shape index (κ1) is 9.25. The minimum atomic E-state index is -0.417. The minimum Gasteiger partial charge on any atom is -0.370 e. The molecule has 13 heavy (non-hydrogen) atoms. The number of carbonyl (C=O) groups excluding carboxylic acids is 1. The van der Waals surface area contributed by atoms with Gasteiger partial charge < -0.3 is 11.5 Å². The summed E-state index contributed by atoms with van der Waals surface area (Å²) < 4.78 is 0. The molecule has 0 heterocycles. The summed E-state index contributed by atoms with van der Waals surface area (Å²) >= 11 is 0. The standard InChI is InChI=1S/C9H11N3O/c1-6-2-4-7(5-3-6)8(13)12-9(10)11/h2-5H,1H3,(H4,10,11,12,13). The van der Waals surface area contributed by atoms with Crippen LogP contribution in [0.2, 0.25) is 0 Å². The maximum absolute atomic E-state index is 11.2. The Balaban J connectivity index is 2.90. The van der Waals surface area contributed by atoms with Crippen LogP contribution >= 0.6 is 0 Å². The maximum atomic E-state index is 11.2. The van der Waals surface area contributed by atoms with E-state index in [1.165, 1.54) is 0 Å². The summed E-state index contributed by atoms with van der Waals surface area (Å²) in [6, 6.07) is 7.03. The molecular weight excluding hydrogens is 166 g/mol. The monoisotopic (exact) mass is 177 g/mol. The zero-order chi connectivity index (χ0) is 9.84. The van der Waals surface area contributed by atoms with Gasteiger partial charge in [-0.25, -0.2) is 0 Å². The van der Waals surface area contributed by atoms with E-state index in [4.69, 9.17) is 11.5 Å². The molecule has 0 spiro atoms. The molecule has 0 aliphatic heterocycles. The van der Waals surface area contributed by atoms with Gasteiger partial charge in [-0.1, -0.05) is 17.7 Å². The molecule has 0 saturated heterocycles. The van der Waals surface area contributed by atoms with Crippen LogP contribution in [0.3, 0.4) is 0 Å². The first-order chi connectivity index (χ1) is 6.09. The average molecular weight is 177 g/mol. The summed E-state index contributed by atoms with van der Waals surface area (Å²) in [5, 5.41) is 0. The topological polar surface area (TPSA) is 81.5 Å². The van der Waals surface area contributed by atoms with Crippen LogP contribution in [0.5, 0.6) is 0 Å². The number of hydrogen-bond acceptors (Lipinski definition) is 1. The van der Waals surface area contributed by atoms with Gasteiger partial charge in [-0.15, -0.1) is 0 Å². The summed E-state index contributed by atoms with van der Waals surface area (Å²) in [7, 11) is 0. The molecule has 68 valence electrons. The number of carbonyl (C=O) groups is 1. The molecule has 1 rings (SSSR count). The van der Waals surface area contributed by atoms with Gasteiger partial charge in [0.05, 0.1) is 0 Å². The van der Waals surface area contributed by atoms with Gasteiger partial charge in [0.25, 0.3) is 5.91 Å². The van der Waals surface area contributed by atoms with Gasteiger partial charge in [0.2, 0.25) is 0 Å². The Morgan fingerprint density at radius 3 is 2.23 bits per heavy atom. The van der Waals surface area contributed by atoms with Crippen LogP contribution in [0.4, 0.5) is 0 Å². The highest BCUT2D eigenvalue weighted by Crippen LogP contribution is 2.04. The Bertz CT molecular complexity index is 336. The molecule has 4 heteroatoms. The predicted octanol–water partition coefficient (Wildman–Crippen LogP) is 0.409. The lowest BCUT2D eigenvalue weighted by atomic mass is 10.1. The highest BCUT2D eigenvalue weighted by atomic mass is 16.1. The molecular formula is C9H11N3O. The molecule has 1 aromatic rings. The Morgan fingerprint density at radius 1 is 1.23 bits per heavy atom. The summed E-state index contributed by atoms with van der Waals surface area (Å²) in [4.78, 5) is 14.6. The SMILES string of the molecule is Cc1ccc(C(=O)N=C(N)N)cc1. The van der Waals surface area contributed by atoms with E-state index in [2.05, 4.69) is 4.99 Å². The molecule has 0 aromatic heterocycles. The first-order valence-electron chi connectivity index (χ1n) is 3.80. The third kappa shape index (κ3) is 2.59. The Morgan fingerprint density at radius 2 is 1.77 bits per heavy atom. The summed E-state index contributed by atoms with van der Waals surface area (Å²) in [6.45, 7) is 1.94.